The number of carbonyl (C=O) groups is 2. The minimum absolute atomic E-state index is 0.422. The van der Waals surface area contributed by atoms with E-state index in [9.17, 15) is 22.8 Å². The molecule has 2 N–H and O–H groups in total. The minimum atomic E-state index is -4.62. The Labute approximate surface area is 90.8 Å². The molecule has 0 aromatic heterocycles. The smallest absolute Gasteiger partial charge is 0.397 e. The van der Waals surface area contributed by atoms with Gasteiger partial charge in [0.1, 0.15) is 12.5 Å². The van der Waals surface area contributed by atoms with Crippen molar-refractivity contribution in [2.24, 2.45) is 5.92 Å². The number of carboxylic acid groups (broad SMARTS) is 1. The molecule has 0 aliphatic heterocycles. The van der Waals surface area contributed by atoms with E-state index in [1.165, 1.54) is 0 Å². The van der Waals surface area contributed by atoms with E-state index < -0.39 is 36.4 Å². The lowest BCUT2D eigenvalue weighted by atomic mass is 9.99. The van der Waals surface area contributed by atoms with E-state index in [1.54, 1.807) is 13.8 Å². The molecule has 0 unspecified atom stereocenters. The Morgan fingerprint density at radius 2 is 1.88 bits per heavy atom. The summed E-state index contributed by atoms with van der Waals surface area (Å²) < 4.78 is 35.5. The normalized spacial score (nSPS) is 15.3. The second kappa shape index (κ2) is 5.72. The van der Waals surface area contributed by atoms with Crippen LogP contribution >= 0.6 is 0 Å². The highest BCUT2D eigenvalue weighted by atomic mass is 19.4. The molecule has 1 amide bonds. The molecule has 0 aliphatic carbocycles. The monoisotopic (exact) mass is 241 g/mol. The van der Waals surface area contributed by atoms with Crippen LogP contribution in [0, 0.1) is 5.92 Å². The van der Waals surface area contributed by atoms with E-state index in [1.807, 2.05) is 5.32 Å². The van der Waals surface area contributed by atoms with Gasteiger partial charge in [-0.05, 0) is 5.92 Å². The summed E-state index contributed by atoms with van der Waals surface area (Å²) in [6, 6.07) is -1.28. The summed E-state index contributed by atoms with van der Waals surface area (Å²) in [5.41, 5.74) is 0. The fourth-order valence-electron chi connectivity index (χ4n) is 1.09. The standard InChI is InChI=1S/C9H14F3NO3/c1-3-5(2)7(8(15)16)13-6(14)4-9(10,11)12/h5,7H,3-4H2,1-2H3,(H,13,14)(H,15,16)/t5-,7-/m0/s1. The molecule has 94 valence electrons. The van der Waals surface area contributed by atoms with Crippen LogP contribution in [0.25, 0.3) is 0 Å². The van der Waals surface area contributed by atoms with Crippen molar-refractivity contribution in [2.75, 3.05) is 0 Å². The Morgan fingerprint density at radius 3 is 2.19 bits per heavy atom. The second-order valence-electron chi connectivity index (χ2n) is 3.56. The van der Waals surface area contributed by atoms with Crippen molar-refractivity contribution >= 4 is 11.9 Å². The number of alkyl halides is 3. The van der Waals surface area contributed by atoms with Crippen molar-refractivity contribution in [3.63, 3.8) is 0 Å². The highest BCUT2D eigenvalue weighted by Gasteiger charge is 2.34. The van der Waals surface area contributed by atoms with E-state index >= 15 is 0 Å². The molecule has 0 aromatic rings. The number of hydrogen-bond acceptors (Lipinski definition) is 2. The number of carbonyl (C=O) groups excluding carboxylic acids is 1. The summed E-state index contributed by atoms with van der Waals surface area (Å²) in [6.45, 7) is 3.24. The van der Waals surface area contributed by atoms with Crippen LogP contribution < -0.4 is 5.32 Å². The van der Waals surface area contributed by atoms with Crippen LogP contribution in [0.5, 0.6) is 0 Å². The van der Waals surface area contributed by atoms with Crippen LogP contribution in [-0.2, 0) is 9.59 Å². The number of rotatable bonds is 5. The summed E-state index contributed by atoms with van der Waals surface area (Å²) in [5.74, 6) is -3.07. The number of aliphatic carboxylic acids is 1. The molecule has 16 heavy (non-hydrogen) atoms. The molecule has 4 nitrogen and oxygen atoms in total. The number of halogens is 3. The summed E-state index contributed by atoms with van der Waals surface area (Å²) in [5, 5.41) is 10.6. The zero-order chi connectivity index (χ0) is 12.9. The van der Waals surface area contributed by atoms with Crippen LogP contribution in [0.1, 0.15) is 26.7 Å². The lowest BCUT2D eigenvalue weighted by Gasteiger charge is -2.20. The molecule has 0 spiro atoms. The number of hydrogen-bond donors (Lipinski definition) is 2. The van der Waals surface area contributed by atoms with Gasteiger partial charge >= 0.3 is 12.1 Å². The molecule has 0 radical (unpaired) electrons. The average molecular weight is 241 g/mol. The lowest BCUT2D eigenvalue weighted by Crippen LogP contribution is -2.46. The molecule has 2 atom stereocenters. The van der Waals surface area contributed by atoms with E-state index in [0.717, 1.165) is 0 Å². The van der Waals surface area contributed by atoms with Crippen molar-refractivity contribution in [3.8, 4) is 0 Å². The first-order valence-electron chi connectivity index (χ1n) is 4.76. The molecule has 0 saturated heterocycles. The van der Waals surface area contributed by atoms with E-state index in [4.69, 9.17) is 5.11 Å². The highest BCUT2D eigenvalue weighted by molar-refractivity contribution is 5.84. The largest absolute Gasteiger partial charge is 0.480 e. The van der Waals surface area contributed by atoms with Crippen molar-refractivity contribution in [1.29, 1.82) is 0 Å². The van der Waals surface area contributed by atoms with E-state index in [0.29, 0.717) is 6.42 Å². The minimum Gasteiger partial charge on any atom is -0.480 e. The van der Waals surface area contributed by atoms with Gasteiger partial charge in [-0.25, -0.2) is 4.79 Å². The maximum Gasteiger partial charge on any atom is 0.397 e. The van der Waals surface area contributed by atoms with Crippen LogP contribution in [0.4, 0.5) is 13.2 Å². The zero-order valence-corrected chi connectivity index (χ0v) is 8.97. The van der Waals surface area contributed by atoms with Gasteiger partial charge in [-0.2, -0.15) is 13.2 Å². The molecule has 0 rings (SSSR count). The molecule has 7 heteroatoms. The molecule has 0 fully saturated rings. The van der Waals surface area contributed by atoms with E-state index in [-0.39, 0.29) is 0 Å². The molecule has 0 aromatic carbocycles. The Morgan fingerprint density at radius 1 is 1.38 bits per heavy atom. The van der Waals surface area contributed by atoms with Crippen LogP contribution in [0.3, 0.4) is 0 Å². The fourth-order valence-corrected chi connectivity index (χ4v) is 1.09. The Kier molecular flexibility index (Phi) is 5.26. The molecule has 0 heterocycles. The van der Waals surface area contributed by atoms with Gasteiger partial charge in [0.15, 0.2) is 0 Å². The Bertz CT molecular complexity index is 265. The first kappa shape index (κ1) is 14.7. The highest BCUT2D eigenvalue weighted by Crippen LogP contribution is 2.19. The van der Waals surface area contributed by atoms with Gasteiger partial charge in [0.2, 0.25) is 5.91 Å². The van der Waals surface area contributed by atoms with Crippen LogP contribution in [0.15, 0.2) is 0 Å². The number of carboxylic acids is 1. The molecule has 0 bridgehead atoms. The number of amides is 1. The van der Waals surface area contributed by atoms with Gasteiger partial charge in [0, 0.05) is 0 Å². The maximum absolute atomic E-state index is 11.8. The second-order valence-corrected chi connectivity index (χ2v) is 3.56. The first-order valence-corrected chi connectivity index (χ1v) is 4.76. The average Bonchev–Trinajstić information content (AvgIpc) is 2.09. The molecule has 0 saturated carbocycles. The van der Waals surface area contributed by atoms with Crippen LogP contribution in [0.2, 0.25) is 0 Å². The van der Waals surface area contributed by atoms with Gasteiger partial charge < -0.3 is 10.4 Å². The Hall–Kier alpha value is -1.27. The van der Waals surface area contributed by atoms with Gasteiger partial charge in [0.05, 0.1) is 0 Å². The van der Waals surface area contributed by atoms with Crippen molar-refractivity contribution in [1.82, 2.24) is 5.32 Å². The maximum atomic E-state index is 11.8. The first-order chi connectivity index (χ1) is 7.17. The Balaban J connectivity index is 4.42. The molecular weight excluding hydrogens is 227 g/mol. The van der Waals surface area contributed by atoms with Gasteiger partial charge in [-0.1, -0.05) is 20.3 Å². The van der Waals surface area contributed by atoms with Crippen molar-refractivity contribution in [3.05, 3.63) is 0 Å². The van der Waals surface area contributed by atoms with E-state index in [2.05, 4.69) is 0 Å². The quantitative estimate of drug-likeness (QED) is 0.767. The third-order valence-corrected chi connectivity index (χ3v) is 2.16. The van der Waals surface area contributed by atoms with Gasteiger partial charge in [-0.3, -0.25) is 4.79 Å². The predicted octanol–water partition coefficient (Wildman–Crippen LogP) is 1.55. The van der Waals surface area contributed by atoms with Crippen molar-refractivity contribution < 1.29 is 27.9 Å². The fraction of sp³-hybridized carbons (Fsp3) is 0.778. The van der Waals surface area contributed by atoms with Gasteiger partial charge in [0.25, 0.3) is 0 Å². The lowest BCUT2D eigenvalue weighted by molar-refractivity contribution is -0.157. The summed E-state index contributed by atoms with van der Waals surface area (Å²) >= 11 is 0. The van der Waals surface area contributed by atoms with Crippen molar-refractivity contribution in [2.45, 2.75) is 38.9 Å². The molecule has 0 aliphatic rings. The van der Waals surface area contributed by atoms with Gasteiger partial charge in [-0.15, -0.1) is 0 Å². The topological polar surface area (TPSA) is 66.4 Å². The summed E-state index contributed by atoms with van der Waals surface area (Å²) in [7, 11) is 0. The third kappa shape index (κ3) is 5.57. The predicted molar refractivity (Wildman–Crippen MR) is 49.7 cm³/mol. The zero-order valence-electron chi connectivity index (χ0n) is 8.97. The summed E-state index contributed by atoms with van der Waals surface area (Å²) in [6.07, 6.45) is -5.83. The number of nitrogens with one attached hydrogen (secondary N) is 1. The molecular formula is C9H14F3NO3. The summed E-state index contributed by atoms with van der Waals surface area (Å²) in [4.78, 5) is 21.6. The SMILES string of the molecule is CC[C@H](C)[C@H](NC(=O)CC(F)(F)F)C(=O)O. The van der Waals surface area contributed by atoms with Crippen LogP contribution in [-0.4, -0.2) is 29.2 Å². The third-order valence-electron chi connectivity index (χ3n) is 2.16.